The van der Waals surface area contributed by atoms with Crippen LogP contribution >= 0.6 is 31.3 Å². The van der Waals surface area contributed by atoms with Gasteiger partial charge >= 0.3 is 207 Å². The molecular weight excluding hydrogens is 639 g/mol. The molecule has 0 saturated heterocycles. The second kappa shape index (κ2) is 8.99. The number of benzene rings is 4. The Balaban J connectivity index is 2.07. The van der Waals surface area contributed by atoms with Gasteiger partial charge in [-0.3, -0.25) is 0 Å². The van der Waals surface area contributed by atoms with E-state index in [2.05, 4.69) is 48.5 Å². The summed E-state index contributed by atoms with van der Waals surface area (Å²) in [5.41, 5.74) is 0. The molecule has 0 N–H and O–H groups in total. The first-order valence-corrected chi connectivity index (χ1v) is 25.0. The van der Waals surface area contributed by atoms with E-state index in [0.29, 0.717) is 0 Å². The molecule has 0 atom stereocenters. The number of halogens is 2. The molecule has 7 heteroatoms. The van der Waals surface area contributed by atoms with Gasteiger partial charge in [-0.25, -0.2) is 0 Å². The zero-order valence-electron chi connectivity index (χ0n) is 16.2. The summed E-state index contributed by atoms with van der Waals surface area (Å²) in [6, 6.07) is 41.2. The average molecular weight is 659 g/mol. The van der Waals surface area contributed by atoms with Crippen LogP contribution in [0, 0.1) is 0 Å². The van der Waals surface area contributed by atoms with Crippen molar-refractivity contribution in [2.75, 3.05) is 0 Å². The molecule has 31 heavy (non-hydrogen) atoms. The Bertz CT molecular complexity index is 988. The molecule has 0 aromatic heterocycles. The van der Waals surface area contributed by atoms with Crippen molar-refractivity contribution in [3.63, 3.8) is 0 Å². The molecule has 166 valence electrons. The van der Waals surface area contributed by atoms with Gasteiger partial charge in [0.15, 0.2) is 0 Å². The molecule has 4 rings (SSSR count). The molecule has 0 spiro atoms. The summed E-state index contributed by atoms with van der Waals surface area (Å²) in [5.74, 6) is -5.02. The minimum atomic E-state index is -5.02. The van der Waals surface area contributed by atoms with Gasteiger partial charge in [-0.2, -0.15) is 0 Å². The molecule has 4 aromatic rings. The molecule has 0 amide bonds. The van der Waals surface area contributed by atoms with Gasteiger partial charge in [0.1, 0.15) is 0 Å². The SMILES string of the molecule is [Cl][Pd]([Cl])([Fe])([Fe])([P](c1ccccc1)c1ccccc1)[P](c1ccccc1)c1ccccc1. The van der Waals surface area contributed by atoms with Crippen LogP contribution < -0.4 is 21.2 Å². The van der Waals surface area contributed by atoms with Crippen molar-refractivity contribution < 1.29 is 33.0 Å². The maximum atomic E-state index is 7.88. The van der Waals surface area contributed by atoms with Crippen LogP contribution in [0.25, 0.3) is 0 Å². The van der Waals surface area contributed by atoms with Crippen LogP contribution in [-0.4, -0.2) is 0 Å². The monoisotopic (exact) mass is 658 g/mol. The summed E-state index contributed by atoms with van der Waals surface area (Å²) in [6.07, 6.45) is -2.49. The first-order valence-electron chi connectivity index (χ1n) is 9.28. The molecule has 0 heterocycles. The first-order chi connectivity index (χ1) is 14.7. The third-order valence-corrected chi connectivity index (χ3v) is 44.3. The maximum absolute atomic E-state index is 7.88. The van der Waals surface area contributed by atoms with Gasteiger partial charge in [0, 0.05) is 0 Å². The van der Waals surface area contributed by atoms with Gasteiger partial charge in [-0.05, 0) is 0 Å². The topological polar surface area (TPSA) is 0 Å². The molecule has 0 bridgehead atoms. The zero-order valence-corrected chi connectivity index (χ0v) is 23.3. The van der Waals surface area contributed by atoms with Crippen molar-refractivity contribution in [2.24, 2.45) is 0 Å². The predicted molar refractivity (Wildman–Crippen MR) is 130 cm³/mol. The average Bonchev–Trinajstić information content (AvgIpc) is 2.76. The van der Waals surface area contributed by atoms with Gasteiger partial charge in [0.2, 0.25) is 0 Å². The van der Waals surface area contributed by atoms with Crippen LogP contribution in [-0.2, 0) is 33.0 Å². The predicted octanol–water partition coefficient (Wildman–Crippen LogP) is 6.54. The van der Waals surface area contributed by atoms with E-state index in [0.717, 1.165) is 21.2 Å². The van der Waals surface area contributed by atoms with E-state index in [9.17, 15) is 0 Å². The molecule has 0 aliphatic heterocycles. The Hall–Kier alpha value is 0.0213. The van der Waals surface area contributed by atoms with Crippen LogP contribution in [0.15, 0.2) is 121 Å². The Kier molecular flexibility index (Phi) is 7.01. The quantitative estimate of drug-likeness (QED) is 0.163. The number of hydrogen-bond donors (Lipinski definition) is 0. The van der Waals surface area contributed by atoms with Crippen molar-refractivity contribution in [3.8, 4) is 0 Å². The van der Waals surface area contributed by atoms with Gasteiger partial charge in [-0.1, -0.05) is 0 Å². The molecule has 0 nitrogen and oxygen atoms in total. The summed E-state index contributed by atoms with van der Waals surface area (Å²) in [6.45, 7) is 0. The van der Waals surface area contributed by atoms with E-state index in [1.165, 1.54) is 0 Å². The van der Waals surface area contributed by atoms with E-state index in [4.69, 9.17) is 46.1 Å². The van der Waals surface area contributed by atoms with Crippen LogP contribution in [0.1, 0.15) is 0 Å². The van der Waals surface area contributed by atoms with E-state index < -0.39 is 18.2 Å². The fourth-order valence-corrected chi connectivity index (χ4v) is 48.7. The zero-order chi connectivity index (χ0) is 22.0. The summed E-state index contributed by atoms with van der Waals surface area (Å²) >= 11 is 9.56. The van der Waals surface area contributed by atoms with Crippen LogP contribution in [0.2, 0.25) is 0 Å². The summed E-state index contributed by atoms with van der Waals surface area (Å²) < 4.78 is 0. The van der Waals surface area contributed by atoms with E-state index in [-0.39, 0.29) is 0 Å². The molecule has 0 aliphatic rings. The summed E-state index contributed by atoms with van der Waals surface area (Å²) in [5, 5.41) is 4.41. The third kappa shape index (κ3) is 5.09. The molecule has 0 radical (unpaired) electrons. The second-order valence-electron chi connectivity index (χ2n) is 6.58. The van der Waals surface area contributed by atoms with Gasteiger partial charge in [0.25, 0.3) is 0 Å². The van der Waals surface area contributed by atoms with Crippen molar-refractivity contribution in [1.82, 2.24) is 0 Å². The molecule has 0 aliphatic carbocycles. The van der Waals surface area contributed by atoms with Crippen LogP contribution in [0.3, 0.4) is 0 Å². The van der Waals surface area contributed by atoms with Crippen molar-refractivity contribution in [1.29, 1.82) is 0 Å². The van der Waals surface area contributed by atoms with Crippen molar-refractivity contribution >= 4 is 52.5 Å². The molecular formula is C24H20Cl2Fe2P2Pd. The van der Waals surface area contributed by atoms with Crippen LogP contribution in [0.4, 0.5) is 0 Å². The molecule has 0 saturated carbocycles. The molecule has 4 aromatic carbocycles. The standard InChI is InChI=1S/2C12H10P.2ClH.2Fe.Pd/c2*1-3-7-11(8-4-1)13-12-9-5-2-6-10-12;;;;;/h2*1-10H;2*1H;;;/q2*-1;;;;;+4/p-2. The third-order valence-electron chi connectivity index (χ3n) is 4.41. The van der Waals surface area contributed by atoms with Crippen molar-refractivity contribution in [3.05, 3.63) is 121 Å². The van der Waals surface area contributed by atoms with Gasteiger partial charge in [-0.15, -0.1) is 0 Å². The molecule has 0 unspecified atom stereocenters. The Labute approximate surface area is 204 Å². The Morgan fingerprint density at radius 2 is 0.613 bits per heavy atom. The van der Waals surface area contributed by atoms with E-state index in [1.54, 1.807) is 0 Å². The fraction of sp³-hybridized carbons (Fsp3) is 0. The fourth-order valence-electron chi connectivity index (χ4n) is 3.18. The van der Waals surface area contributed by atoms with Gasteiger partial charge < -0.3 is 0 Å². The van der Waals surface area contributed by atoms with E-state index >= 15 is 0 Å². The second-order valence-corrected chi connectivity index (χ2v) is 61.2. The Morgan fingerprint density at radius 1 is 0.419 bits per heavy atom. The van der Waals surface area contributed by atoms with Gasteiger partial charge in [0.05, 0.1) is 0 Å². The van der Waals surface area contributed by atoms with Crippen LogP contribution in [0.5, 0.6) is 0 Å². The summed E-state index contributed by atoms with van der Waals surface area (Å²) in [7, 11) is 15.8. The van der Waals surface area contributed by atoms with Crippen molar-refractivity contribution in [2.45, 2.75) is 0 Å². The summed E-state index contributed by atoms with van der Waals surface area (Å²) in [4.78, 5) is 0. The minimum absolute atomic E-state index is 1.10. The number of hydrogen-bond acceptors (Lipinski definition) is 0. The Morgan fingerprint density at radius 3 is 0.806 bits per heavy atom. The molecule has 0 fully saturated rings. The number of rotatable bonds is 6. The first kappa shape index (κ1) is 24.2. The van der Waals surface area contributed by atoms with E-state index in [1.807, 2.05) is 72.8 Å². The normalized spacial score (nSPS) is 14.3.